The molecule has 1 aromatic carbocycles. The van der Waals surface area contributed by atoms with Crippen LogP contribution in [0.5, 0.6) is 0 Å². The monoisotopic (exact) mass is 363 g/mol. The van der Waals surface area contributed by atoms with E-state index in [0.29, 0.717) is 15.7 Å². The van der Waals surface area contributed by atoms with Gasteiger partial charge in [0.25, 0.3) is 0 Å². The molecule has 0 radical (unpaired) electrons. The van der Waals surface area contributed by atoms with Gasteiger partial charge in [0.05, 0.1) is 5.92 Å². The first-order valence-electron chi connectivity index (χ1n) is 6.95. The Hall–Kier alpha value is -0.520. The number of nitrogens with one attached hydrogen (secondary N) is 1. The van der Waals surface area contributed by atoms with Gasteiger partial charge in [-0.2, -0.15) is 0 Å². The Morgan fingerprint density at radius 2 is 1.48 bits per heavy atom. The van der Waals surface area contributed by atoms with Crippen molar-refractivity contribution in [2.75, 3.05) is 5.32 Å². The zero-order chi connectivity index (χ0) is 16.4. The fourth-order valence-electron chi connectivity index (χ4n) is 2.86. The third kappa shape index (κ3) is 4.97. The molecule has 1 amide bonds. The molecule has 1 aliphatic carbocycles. The predicted octanol–water partition coefficient (Wildman–Crippen LogP) is -0.240. The quantitative estimate of drug-likeness (QED) is 0.595. The fraction of sp³-hybridized carbons (Fsp3) is 0.375. The van der Waals surface area contributed by atoms with E-state index in [4.69, 9.17) is 23.2 Å². The first-order chi connectivity index (χ1) is 10.3. The molecule has 0 aliphatic heterocycles. The van der Waals surface area contributed by atoms with E-state index in [9.17, 15) is 14.7 Å². The van der Waals surface area contributed by atoms with Crippen LogP contribution in [0.15, 0.2) is 30.4 Å². The predicted molar refractivity (Wildman–Crippen MR) is 84.5 cm³/mol. The molecule has 23 heavy (non-hydrogen) atoms. The second-order valence-corrected chi connectivity index (χ2v) is 6.49. The standard InChI is InChI=1S/C16H17Cl2NO3.Na/c1-8-3-4-9(2)14(16(21)22)13(8)15(20)19-12-6-10(17)5-11(18)7-12;/h3-9,13-14H,1-2H3,(H,19,20)(H,21,22);/q;+1/p-1. The molecule has 0 aromatic heterocycles. The number of carboxylic acids is 1. The van der Waals surface area contributed by atoms with Crippen molar-refractivity contribution in [2.24, 2.45) is 23.7 Å². The molecule has 0 saturated heterocycles. The van der Waals surface area contributed by atoms with Gasteiger partial charge >= 0.3 is 29.6 Å². The Kier molecular flexibility index (Phi) is 7.62. The van der Waals surface area contributed by atoms with Crippen LogP contribution in [0.3, 0.4) is 0 Å². The molecule has 0 fully saturated rings. The summed E-state index contributed by atoms with van der Waals surface area (Å²) in [5.41, 5.74) is 0.439. The van der Waals surface area contributed by atoms with Gasteiger partial charge < -0.3 is 15.2 Å². The van der Waals surface area contributed by atoms with E-state index in [1.54, 1.807) is 25.1 Å². The molecule has 0 saturated carbocycles. The van der Waals surface area contributed by atoms with Crippen LogP contribution >= 0.6 is 23.2 Å². The number of anilines is 1. The second kappa shape index (κ2) is 8.54. The maximum Gasteiger partial charge on any atom is 1.00 e. The van der Waals surface area contributed by atoms with Crippen LogP contribution in [0.4, 0.5) is 5.69 Å². The van der Waals surface area contributed by atoms with Gasteiger partial charge in [0.1, 0.15) is 0 Å². The van der Waals surface area contributed by atoms with Crippen LogP contribution in [0, 0.1) is 23.7 Å². The molecular weight excluding hydrogens is 348 g/mol. The van der Waals surface area contributed by atoms with Crippen LogP contribution in [0.25, 0.3) is 0 Å². The van der Waals surface area contributed by atoms with Gasteiger partial charge in [-0.25, -0.2) is 0 Å². The van der Waals surface area contributed by atoms with E-state index in [2.05, 4.69) is 5.32 Å². The van der Waals surface area contributed by atoms with Crippen molar-refractivity contribution in [3.05, 3.63) is 40.4 Å². The number of hydrogen-bond donors (Lipinski definition) is 1. The van der Waals surface area contributed by atoms with Gasteiger partial charge in [0.2, 0.25) is 5.91 Å². The number of halogens is 2. The zero-order valence-electron chi connectivity index (χ0n) is 13.2. The van der Waals surface area contributed by atoms with Crippen molar-refractivity contribution in [3.8, 4) is 0 Å². The normalized spacial score (nSPS) is 26.3. The average Bonchev–Trinajstić information content (AvgIpc) is 2.39. The second-order valence-electron chi connectivity index (χ2n) is 5.62. The largest absolute Gasteiger partial charge is 1.00 e. The maximum atomic E-state index is 12.5. The summed E-state index contributed by atoms with van der Waals surface area (Å²) in [5.74, 6) is -3.63. The smallest absolute Gasteiger partial charge is 0.550 e. The number of hydrogen-bond acceptors (Lipinski definition) is 3. The van der Waals surface area contributed by atoms with E-state index in [1.165, 1.54) is 0 Å². The molecule has 1 aromatic rings. The SMILES string of the molecule is CC1C=CC(C)C(C(=O)Nc2cc(Cl)cc(Cl)c2)C1C(=O)[O-].[Na+]. The van der Waals surface area contributed by atoms with Crippen LogP contribution in [0.1, 0.15) is 13.8 Å². The van der Waals surface area contributed by atoms with Gasteiger partial charge in [-0.3, -0.25) is 4.79 Å². The molecular formula is C16H16Cl2NNaO3. The third-order valence-electron chi connectivity index (χ3n) is 3.94. The van der Waals surface area contributed by atoms with Gasteiger partial charge in [-0.1, -0.05) is 49.2 Å². The van der Waals surface area contributed by atoms with Crippen LogP contribution in [-0.2, 0) is 9.59 Å². The Balaban J connectivity index is 0.00000264. The van der Waals surface area contributed by atoms with E-state index in [0.717, 1.165) is 0 Å². The molecule has 7 heteroatoms. The summed E-state index contributed by atoms with van der Waals surface area (Å²) in [5, 5.41) is 14.9. The van der Waals surface area contributed by atoms with Crippen molar-refractivity contribution < 1.29 is 44.3 Å². The number of rotatable bonds is 3. The molecule has 2 rings (SSSR count). The van der Waals surface area contributed by atoms with Crippen LogP contribution in [-0.4, -0.2) is 11.9 Å². The van der Waals surface area contributed by atoms with Crippen molar-refractivity contribution >= 4 is 40.8 Å². The summed E-state index contributed by atoms with van der Waals surface area (Å²) in [6.45, 7) is 3.58. The Morgan fingerprint density at radius 1 is 1.00 bits per heavy atom. The van der Waals surface area contributed by atoms with Gasteiger partial charge in [0.15, 0.2) is 0 Å². The molecule has 4 unspecified atom stereocenters. The Labute approximate surface area is 167 Å². The van der Waals surface area contributed by atoms with Crippen molar-refractivity contribution in [2.45, 2.75) is 13.8 Å². The summed E-state index contributed by atoms with van der Waals surface area (Å²) in [4.78, 5) is 24.0. The van der Waals surface area contributed by atoms with Crippen molar-refractivity contribution in [1.29, 1.82) is 0 Å². The number of carbonyl (C=O) groups is 2. The third-order valence-corrected chi connectivity index (χ3v) is 4.38. The number of carboxylic acid groups (broad SMARTS) is 1. The van der Waals surface area contributed by atoms with Gasteiger partial charge in [-0.05, 0) is 30.0 Å². The van der Waals surface area contributed by atoms with Gasteiger partial charge in [0, 0.05) is 27.6 Å². The molecule has 0 bridgehead atoms. The fourth-order valence-corrected chi connectivity index (χ4v) is 3.38. The first kappa shape index (κ1) is 20.5. The minimum Gasteiger partial charge on any atom is -0.550 e. The minimum absolute atomic E-state index is 0. The number of aliphatic carboxylic acids is 1. The summed E-state index contributed by atoms with van der Waals surface area (Å²) in [7, 11) is 0. The van der Waals surface area contributed by atoms with Crippen molar-refractivity contribution in [1.82, 2.24) is 0 Å². The van der Waals surface area contributed by atoms with Gasteiger partial charge in [-0.15, -0.1) is 0 Å². The van der Waals surface area contributed by atoms with Crippen LogP contribution < -0.4 is 40.0 Å². The molecule has 118 valence electrons. The van der Waals surface area contributed by atoms with Crippen molar-refractivity contribution in [3.63, 3.8) is 0 Å². The van der Waals surface area contributed by atoms with E-state index in [1.807, 2.05) is 19.1 Å². The Bertz CT molecular complexity index is 616. The zero-order valence-corrected chi connectivity index (χ0v) is 16.7. The molecule has 1 N–H and O–H groups in total. The average molecular weight is 364 g/mol. The van der Waals surface area contributed by atoms with E-state index < -0.39 is 17.8 Å². The number of amides is 1. The maximum absolute atomic E-state index is 12.5. The molecule has 1 aliphatic rings. The van der Waals surface area contributed by atoms with Crippen LogP contribution in [0.2, 0.25) is 10.0 Å². The molecule has 4 atom stereocenters. The van der Waals surface area contributed by atoms with E-state index in [-0.39, 0.29) is 47.3 Å². The Morgan fingerprint density at radius 3 is 1.96 bits per heavy atom. The topological polar surface area (TPSA) is 69.2 Å². The minimum atomic E-state index is -1.21. The number of benzene rings is 1. The molecule has 0 spiro atoms. The molecule has 0 heterocycles. The molecule has 4 nitrogen and oxygen atoms in total. The number of carbonyl (C=O) groups excluding carboxylic acids is 2. The first-order valence-corrected chi connectivity index (χ1v) is 7.71. The summed E-state index contributed by atoms with van der Waals surface area (Å²) in [6, 6.07) is 4.68. The summed E-state index contributed by atoms with van der Waals surface area (Å²) < 4.78 is 0. The summed E-state index contributed by atoms with van der Waals surface area (Å²) in [6.07, 6.45) is 3.67. The number of allylic oxidation sites excluding steroid dienone is 2. The summed E-state index contributed by atoms with van der Waals surface area (Å²) >= 11 is 11.8. The van der Waals surface area contributed by atoms with E-state index >= 15 is 0 Å².